The molecule has 0 atom stereocenters. The molecule has 0 aliphatic carbocycles. The number of benzene rings is 1. The third-order valence-corrected chi connectivity index (χ3v) is 5.18. The third kappa shape index (κ3) is 4.39. The van der Waals surface area contributed by atoms with Crippen molar-refractivity contribution in [3.8, 4) is 11.1 Å². The van der Waals surface area contributed by atoms with Crippen LogP contribution >= 0.6 is 0 Å². The minimum absolute atomic E-state index is 0.496. The van der Waals surface area contributed by atoms with E-state index in [2.05, 4.69) is 71.1 Å². The first-order valence-electron chi connectivity index (χ1n) is 9.99. The zero-order chi connectivity index (χ0) is 20.1. The van der Waals surface area contributed by atoms with Gasteiger partial charge in [-0.2, -0.15) is 4.98 Å². The van der Waals surface area contributed by atoms with Crippen LogP contribution < -0.4 is 11.1 Å². The number of aromatic nitrogens is 3. The van der Waals surface area contributed by atoms with E-state index >= 15 is 0 Å². The number of nitrogens with two attached hydrogens (primary N) is 1. The molecule has 0 unspecified atom stereocenters. The molecule has 148 valence electrons. The lowest BCUT2D eigenvalue weighted by Gasteiger charge is -2.17. The van der Waals surface area contributed by atoms with Crippen molar-refractivity contribution >= 4 is 22.8 Å². The summed E-state index contributed by atoms with van der Waals surface area (Å²) in [6.45, 7) is 12.6. The lowest BCUT2D eigenvalue weighted by Crippen LogP contribution is -2.25. The number of anilines is 2. The summed E-state index contributed by atoms with van der Waals surface area (Å²) in [6, 6.07) is 8.28. The van der Waals surface area contributed by atoms with Gasteiger partial charge in [-0.15, -0.1) is 0 Å². The Kier molecular flexibility index (Phi) is 6.41. The van der Waals surface area contributed by atoms with Gasteiger partial charge in [0, 0.05) is 23.7 Å². The summed E-state index contributed by atoms with van der Waals surface area (Å²) in [5, 5.41) is 4.18. The topological polar surface area (TPSA) is 80.0 Å². The average Bonchev–Trinajstić information content (AvgIpc) is 2.68. The molecule has 0 saturated heterocycles. The number of rotatable bonds is 8. The molecule has 2 aromatic heterocycles. The van der Waals surface area contributed by atoms with Crippen molar-refractivity contribution in [1.82, 2.24) is 19.9 Å². The van der Waals surface area contributed by atoms with Gasteiger partial charge in [-0.1, -0.05) is 32.0 Å². The molecule has 6 nitrogen and oxygen atoms in total. The number of fused-ring (bicyclic) bond motifs is 1. The van der Waals surface area contributed by atoms with E-state index in [1.807, 2.05) is 12.3 Å². The van der Waals surface area contributed by atoms with E-state index < -0.39 is 0 Å². The molecule has 3 aromatic rings. The molecule has 3 N–H and O–H groups in total. The SMILES string of the molecule is CCN(CC)CCCNc1ncc2cc(-c3c(C)cccc3C)c(N)nc2n1. The smallest absolute Gasteiger partial charge is 0.224 e. The molecule has 1 aromatic carbocycles. The molecule has 0 spiro atoms. The highest BCUT2D eigenvalue weighted by Gasteiger charge is 2.12. The van der Waals surface area contributed by atoms with Crippen LogP contribution in [0.1, 0.15) is 31.4 Å². The molecule has 0 aliphatic rings. The van der Waals surface area contributed by atoms with Crippen molar-refractivity contribution in [2.24, 2.45) is 0 Å². The van der Waals surface area contributed by atoms with Crippen LogP contribution in [0.25, 0.3) is 22.2 Å². The van der Waals surface area contributed by atoms with Crippen LogP contribution in [-0.4, -0.2) is 46.0 Å². The molecule has 0 fully saturated rings. The summed E-state index contributed by atoms with van der Waals surface area (Å²) >= 11 is 0. The maximum absolute atomic E-state index is 6.29. The zero-order valence-electron chi connectivity index (χ0n) is 17.3. The molecule has 28 heavy (non-hydrogen) atoms. The van der Waals surface area contributed by atoms with Gasteiger partial charge < -0.3 is 16.0 Å². The van der Waals surface area contributed by atoms with E-state index in [0.29, 0.717) is 17.4 Å². The average molecular weight is 379 g/mol. The standard InChI is InChI=1S/C22H30N6/c1-5-28(6-2)12-8-11-24-22-25-14-17-13-18(20(23)26-21(17)27-22)19-15(3)9-7-10-16(19)4/h7,9-10,13-14H,5-6,8,11-12H2,1-4H3,(H3,23,24,25,26,27). The van der Waals surface area contributed by atoms with Crippen molar-refractivity contribution in [3.05, 3.63) is 41.6 Å². The van der Waals surface area contributed by atoms with Crippen LogP contribution in [0.15, 0.2) is 30.5 Å². The van der Waals surface area contributed by atoms with Crippen LogP contribution in [0.2, 0.25) is 0 Å². The molecule has 6 heteroatoms. The zero-order valence-corrected chi connectivity index (χ0v) is 17.3. The Morgan fingerprint density at radius 2 is 1.79 bits per heavy atom. The first-order chi connectivity index (χ1) is 13.5. The Bertz CT molecular complexity index is 929. The van der Waals surface area contributed by atoms with Crippen LogP contribution in [0.5, 0.6) is 0 Å². The van der Waals surface area contributed by atoms with E-state index in [4.69, 9.17) is 5.73 Å². The van der Waals surface area contributed by atoms with Crippen LogP contribution in [0.4, 0.5) is 11.8 Å². The molecular weight excluding hydrogens is 348 g/mol. The van der Waals surface area contributed by atoms with E-state index in [9.17, 15) is 0 Å². The minimum atomic E-state index is 0.496. The molecule has 0 radical (unpaired) electrons. The monoisotopic (exact) mass is 378 g/mol. The molecule has 0 amide bonds. The highest BCUT2D eigenvalue weighted by Crippen LogP contribution is 2.32. The molecule has 0 bridgehead atoms. The maximum atomic E-state index is 6.29. The van der Waals surface area contributed by atoms with Gasteiger partial charge in [0.25, 0.3) is 0 Å². The number of nitrogen functional groups attached to an aromatic ring is 1. The van der Waals surface area contributed by atoms with Gasteiger partial charge in [-0.3, -0.25) is 0 Å². The van der Waals surface area contributed by atoms with E-state index in [1.165, 1.54) is 11.1 Å². The summed E-state index contributed by atoms with van der Waals surface area (Å²) in [6.07, 6.45) is 2.86. The van der Waals surface area contributed by atoms with Crippen molar-refractivity contribution < 1.29 is 0 Å². The first kappa shape index (κ1) is 20.0. The molecule has 2 heterocycles. The summed E-state index contributed by atoms with van der Waals surface area (Å²) < 4.78 is 0. The van der Waals surface area contributed by atoms with Crippen molar-refractivity contribution in [2.45, 2.75) is 34.1 Å². The summed E-state index contributed by atoms with van der Waals surface area (Å²) in [5.41, 5.74) is 11.3. The number of nitrogens with one attached hydrogen (secondary N) is 1. The van der Waals surface area contributed by atoms with E-state index in [1.54, 1.807) is 0 Å². The summed E-state index contributed by atoms with van der Waals surface area (Å²) in [7, 11) is 0. The van der Waals surface area contributed by atoms with Crippen LogP contribution in [0, 0.1) is 13.8 Å². The second-order valence-corrected chi connectivity index (χ2v) is 7.10. The van der Waals surface area contributed by atoms with Gasteiger partial charge >= 0.3 is 0 Å². The Labute approximate surface area is 167 Å². The number of hydrogen-bond donors (Lipinski definition) is 2. The predicted octanol–water partition coefficient (Wildman–Crippen LogP) is 4.03. The number of aryl methyl sites for hydroxylation is 2. The fourth-order valence-electron chi connectivity index (χ4n) is 3.54. The van der Waals surface area contributed by atoms with Crippen molar-refractivity contribution in [3.63, 3.8) is 0 Å². The lowest BCUT2D eigenvalue weighted by molar-refractivity contribution is 0.303. The van der Waals surface area contributed by atoms with Gasteiger partial charge in [0.2, 0.25) is 5.95 Å². The highest BCUT2D eigenvalue weighted by molar-refractivity contribution is 5.88. The van der Waals surface area contributed by atoms with E-state index in [0.717, 1.165) is 49.1 Å². The normalized spacial score (nSPS) is 11.3. The van der Waals surface area contributed by atoms with Gasteiger partial charge in [0.05, 0.1) is 0 Å². The molecular formula is C22H30N6. The van der Waals surface area contributed by atoms with Gasteiger partial charge in [-0.05, 0) is 62.7 Å². The Morgan fingerprint density at radius 3 is 2.46 bits per heavy atom. The Morgan fingerprint density at radius 1 is 1.07 bits per heavy atom. The summed E-state index contributed by atoms with van der Waals surface area (Å²) in [4.78, 5) is 16.0. The molecule has 0 saturated carbocycles. The number of pyridine rings is 1. The highest BCUT2D eigenvalue weighted by atomic mass is 15.1. The Balaban J connectivity index is 1.79. The van der Waals surface area contributed by atoms with Gasteiger partial charge in [0.15, 0.2) is 5.65 Å². The van der Waals surface area contributed by atoms with Crippen LogP contribution in [0.3, 0.4) is 0 Å². The van der Waals surface area contributed by atoms with E-state index in [-0.39, 0.29) is 0 Å². The van der Waals surface area contributed by atoms with Crippen LogP contribution in [-0.2, 0) is 0 Å². The lowest BCUT2D eigenvalue weighted by atomic mass is 9.96. The quantitative estimate of drug-likeness (QED) is 0.576. The fraction of sp³-hybridized carbons (Fsp3) is 0.409. The first-order valence-corrected chi connectivity index (χ1v) is 9.99. The van der Waals surface area contributed by atoms with Gasteiger partial charge in [0.1, 0.15) is 5.82 Å². The molecule has 0 aliphatic heterocycles. The Hall–Kier alpha value is -2.73. The van der Waals surface area contributed by atoms with Crippen molar-refractivity contribution in [1.29, 1.82) is 0 Å². The number of nitrogens with zero attached hydrogens (tertiary/aromatic N) is 4. The fourth-order valence-corrected chi connectivity index (χ4v) is 3.54. The third-order valence-electron chi connectivity index (χ3n) is 5.18. The largest absolute Gasteiger partial charge is 0.383 e. The van der Waals surface area contributed by atoms with Crippen molar-refractivity contribution in [2.75, 3.05) is 37.2 Å². The molecule has 3 rings (SSSR count). The second kappa shape index (κ2) is 8.97. The summed E-state index contributed by atoms with van der Waals surface area (Å²) in [5.74, 6) is 1.09. The minimum Gasteiger partial charge on any atom is -0.383 e. The maximum Gasteiger partial charge on any atom is 0.224 e. The van der Waals surface area contributed by atoms with Gasteiger partial charge in [-0.25, -0.2) is 9.97 Å². The predicted molar refractivity (Wildman–Crippen MR) is 118 cm³/mol. The number of hydrogen-bond acceptors (Lipinski definition) is 6. The second-order valence-electron chi connectivity index (χ2n) is 7.10.